The van der Waals surface area contributed by atoms with E-state index in [-0.39, 0.29) is 5.49 Å². The molecule has 0 atom stereocenters. The maximum absolute atomic E-state index is 8.17. The van der Waals surface area contributed by atoms with E-state index in [0.717, 1.165) is 11.3 Å². The summed E-state index contributed by atoms with van der Waals surface area (Å²) in [5.74, 6) is 1.68. The first-order valence-electron chi connectivity index (χ1n) is 9.64. The Labute approximate surface area is 183 Å². The molecule has 9 heteroatoms. The molecule has 0 aliphatic rings. The number of hydrogen-bond donors (Lipinski definition) is 2. The van der Waals surface area contributed by atoms with Gasteiger partial charge in [0.2, 0.25) is 5.75 Å². The number of benzene rings is 2. The quantitative estimate of drug-likeness (QED) is 0.437. The van der Waals surface area contributed by atoms with Gasteiger partial charge in [-0.15, -0.1) is 0 Å². The summed E-state index contributed by atoms with van der Waals surface area (Å²) < 4.78 is 18.2. The molecule has 0 bridgehead atoms. The molecule has 0 saturated heterocycles. The number of nitrogens with one attached hydrogen (secondary N) is 2. The molecule has 0 amide bonds. The standard InChI is InChI=1S/C22H23N5O3S/c1-28-16-11-15(12-17(29-2)19(16)30-3)31-22-25-18-20(23)24-13-27(21(18)26-22)10-9-14-7-5-4-6-8-14/h4-8,11-13,23H,9-10H2,1-3H3,(H,25,26). The summed E-state index contributed by atoms with van der Waals surface area (Å²) >= 11 is 1.42. The van der Waals surface area contributed by atoms with Gasteiger partial charge in [0, 0.05) is 11.4 Å². The van der Waals surface area contributed by atoms with Crippen LogP contribution in [0.4, 0.5) is 0 Å². The first-order chi connectivity index (χ1) is 15.1. The number of aryl methyl sites for hydroxylation is 2. The number of H-pyrrole nitrogens is 1. The predicted octanol–water partition coefficient (Wildman–Crippen LogP) is 3.66. The SMILES string of the molecule is COc1cc(Sc2nc3c([nH]2)c(=N)ncn3CCc2ccccc2)cc(OC)c1OC. The van der Waals surface area contributed by atoms with Gasteiger partial charge in [-0.05, 0) is 24.1 Å². The van der Waals surface area contributed by atoms with E-state index in [1.807, 2.05) is 34.9 Å². The number of ether oxygens (including phenoxy) is 3. The maximum atomic E-state index is 8.17. The molecule has 0 fully saturated rings. The highest BCUT2D eigenvalue weighted by molar-refractivity contribution is 7.99. The van der Waals surface area contributed by atoms with E-state index in [1.54, 1.807) is 27.7 Å². The summed E-state index contributed by atoms with van der Waals surface area (Å²) in [5.41, 5.74) is 2.70. The van der Waals surface area contributed by atoms with Crippen molar-refractivity contribution in [3.8, 4) is 17.2 Å². The molecule has 0 radical (unpaired) electrons. The zero-order chi connectivity index (χ0) is 21.8. The molecule has 2 heterocycles. The van der Waals surface area contributed by atoms with Gasteiger partial charge in [-0.2, -0.15) is 0 Å². The van der Waals surface area contributed by atoms with Crippen molar-refractivity contribution < 1.29 is 14.2 Å². The number of aromatic amines is 1. The molecule has 0 saturated carbocycles. The second-order valence-corrected chi connectivity index (χ2v) is 7.79. The molecule has 2 aromatic heterocycles. The predicted molar refractivity (Wildman–Crippen MR) is 118 cm³/mol. The summed E-state index contributed by atoms with van der Waals surface area (Å²) in [5, 5.41) is 8.82. The van der Waals surface area contributed by atoms with Crippen molar-refractivity contribution >= 4 is 22.9 Å². The average molecular weight is 438 g/mol. The van der Waals surface area contributed by atoms with E-state index in [1.165, 1.54) is 17.3 Å². The van der Waals surface area contributed by atoms with Gasteiger partial charge in [-0.1, -0.05) is 42.1 Å². The van der Waals surface area contributed by atoms with Gasteiger partial charge in [0.15, 0.2) is 27.8 Å². The fourth-order valence-electron chi connectivity index (χ4n) is 3.30. The van der Waals surface area contributed by atoms with Crippen molar-refractivity contribution in [1.29, 1.82) is 5.41 Å². The minimum Gasteiger partial charge on any atom is -0.493 e. The number of rotatable bonds is 8. The summed E-state index contributed by atoms with van der Waals surface area (Å²) in [6, 6.07) is 14.0. The zero-order valence-corrected chi connectivity index (χ0v) is 18.3. The third-order valence-corrected chi connectivity index (χ3v) is 5.69. The second-order valence-electron chi connectivity index (χ2n) is 6.73. The minimum atomic E-state index is 0.162. The van der Waals surface area contributed by atoms with E-state index >= 15 is 0 Å². The van der Waals surface area contributed by atoms with Crippen molar-refractivity contribution in [3.63, 3.8) is 0 Å². The average Bonchev–Trinajstić information content (AvgIpc) is 3.23. The molecule has 4 aromatic rings. The Morgan fingerprint density at radius 1 is 1.03 bits per heavy atom. The fourth-order valence-corrected chi connectivity index (χ4v) is 4.14. The lowest BCUT2D eigenvalue weighted by molar-refractivity contribution is 0.323. The lowest BCUT2D eigenvalue weighted by Crippen LogP contribution is -2.13. The molecule has 4 rings (SSSR count). The van der Waals surface area contributed by atoms with Crippen molar-refractivity contribution in [1.82, 2.24) is 19.5 Å². The van der Waals surface area contributed by atoms with Gasteiger partial charge in [0.05, 0.1) is 27.7 Å². The molecule has 0 aliphatic carbocycles. The summed E-state index contributed by atoms with van der Waals surface area (Å²) in [7, 11) is 4.74. The normalized spacial score (nSPS) is 10.9. The van der Waals surface area contributed by atoms with Crippen LogP contribution in [0.3, 0.4) is 0 Å². The van der Waals surface area contributed by atoms with Crippen LogP contribution in [0.5, 0.6) is 17.2 Å². The lowest BCUT2D eigenvalue weighted by atomic mass is 10.1. The van der Waals surface area contributed by atoms with Gasteiger partial charge in [-0.25, -0.2) is 9.97 Å². The lowest BCUT2D eigenvalue weighted by Gasteiger charge is -2.13. The van der Waals surface area contributed by atoms with Crippen LogP contribution in [0.15, 0.2) is 58.8 Å². The van der Waals surface area contributed by atoms with Crippen LogP contribution in [0, 0.1) is 5.41 Å². The third kappa shape index (κ3) is 4.36. The van der Waals surface area contributed by atoms with E-state index in [4.69, 9.17) is 24.6 Å². The number of imidazole rings is 1. The second kappa shape index (κ2) is 9.13. The fraction of sp³-hybridized carbons (Fsp3) is 0.227. The number of methoxy groups -OCH3 is 3. The molecule has 2 N–H and O–H groups in total. The van der Waals surface area contributed by atoms with Crippen molar-refractivity contribution in [2.24, 2.45) is 0 Å². The van der Waals surface area contributed by atoms with E-state index < -0.39 is 0 Å². The summed E-state index contributed by atoms with van der Waals surface area (Å²) in [6.45, 7) is 0.715. The Morgan fingerprint density at radius 3 is 2.39 bits per heavy atom. The van der Waals surface area contributed by atoms with Crippen LogP contribution in [-0.4, -0.2) is 40.8 Å². The Hall–Kier alpha value is -3.46. The van der Waals surface area contributed by atoms with Gasteiger partial charge in [-0.3, -0.25) is 5.41 Å². The minimum absolute atomic E-state index is 0.162. The van der Waals surface area contributed by atoms with Crippen LogP contribution < -0.4 is 19.7 Å². The monoisotopic (exact) mass is 437 g/mol. The number of nitrogens with zero attached hydrogens (tertiary/aromatic N) is 3. The molecule has 31 heavy (non-hydrogen) atoms. The van der Waals surface area contributed by atoms with E-state index in [2.05, 4.69) is 22.1 Å². The number of fused-ring (bicyclic) bond motifs is 1. The molecule has 2 aromatic carbocycles. The molecule has 0 aliphatic heterocycles. The molecule has 0 spiro atoms. The third-order valence-electron chi connectivity index (χ3n) is 4.84. The Balaban J connectivity index is 1.65. The molecular weight excluding hydrogens is 414 g/mol. The number of hydrogen-bond acceptors (Lipinski definition) is 7. The molecule has 8 nitrogen and oxygen atoms in total. The topological polar surface area (TPSA) is 98.0 Å². The van der Waals surface area contributed by atoms with E-state index in [9.17, 15) is 0 Å². The van der Waals surface area contributed by atoms with Crippen molar-refractivity contribution in [2.75, 3.05) is 21.3 Å². The largest absolute Gasteiger partial charge is 0.493 e. The van der Waals surface area contributed by atoms with Gasteiger partial charge in [0.1, 0.15) is 5.52 Å². The van der Waals surface area contributed by atoms with Crippen molar-refractivity contribution in [3.05, 3.63) is 59.8 Å². The Bertz CT molecular complexity index is 1230. The molecular formula is C22H23N5O3S. The Kier molecular flexibility index (Phi) is 6.13. The Morgan fingerprint density at radius 2 is 1.74 bits per heavy atom. The van der Waals surface area contributed by atoms with Crippen LogP contribution in [0.25, 0.3) is 11.2 Å². The maximum Gasteiger partial charge on any atom is 0.203 e. The van der Waals surface area contributed by atoms with Gasteiger partial charge in [0.25, 0.3) is 0 Å². The van der Waals surface area contributed by atoms with Crippen LogP contribution in [-0.2, 0) is 13.0 Å². The van der Waals surface area contributed by atoms with Crippen LogP contribution in [0.2, 0.25) is 0 Å². The molecule has 0 unspecified atom stereocenters. The first kappa shape index (κ1) is 20.8. The highest BCUT2D eigenvalue weighted by atomic mass is 32.2. The highest BCUT2D eigenvalue weighted by Crippen LogP contribution is 2.42. The zero-order valence-electron chi connectivity index (χ0n) is 17.5. The van der Waals surface area contributed by atoms with E-state index in [0.29, 0.717) is 40.1 Å². The van der Waals surface area contributed by atoms with Crippen LogP contribution in [0.1, 0.15) is 5.56 Å². The van der Waals surface area contributed by atoms with Gasteiger partial charge < -0.3 is 23.8 Å². The smallest absolute Gasteiger partial charge is 0.203 e. The summed E-state index contributed by atoms with van der Waals surface area (Å²) in [6.07, 6.45) is 2.52. The number of aromatic nitrogens is 4. The van der Waals surface area contributed by atoms with Gasteiger partial charge >= 0.3 is 0 Å². The first-order valence-corrected chi connectivity index (χ1v) is 10.5. The summed E-state index contributed by atoms with van der Waals surface area (Å²) in [4.78, 5) is 13.0. The highest BCUT2D eigenvalue weighted by Gasteiger charge is 2.16. The molecule has 160 valence electrons. The van der Waals surface area contributed by atoms with Crippen molar-refractivity contribution in [2.45, 2.75) is 23.0 Å². The van der Waals surface area contributed by atoms with Crippen LogP contribution >= 0.6 is 11.8 Å².